The molecule has 0 bridgehead atoms. The number of rotatable bonds is 8. The SMILES string of the molecule is CSCC[C@H](NC(N)=O)C(=O)OCC(=O)Nc1cccc2ccccc12. The second-order valence-corrected chi connectivity index (χ2v) is 6.51. The zero-order valence-electron chi connectivity index (χ0n) is 14.4. The number of esters is 1. The number of nitrogens with two attached hydrogens (primary N) is 1. The number of urea groups is 1. The highest BCUT2D eigenvalue weighted by molar-refractivity contribution is 7.98. The number of amides is 3. The zero-order valence-corrected chi connectivity index (χ0v) is 15.2. The summed E-state index contributed by atoms with van der Waals surface area (Å²) in [4.78, 5) is 35.2. The predicted octanol–water partition coefficient (Wildman–Crippen LogP) is 2.11. The standard InChI is InChI=1S/C18H21N3O4S/c1-26-10-9-15(21-18(19)24)17(23)25-11-16(22)20-14-8-4-6-12-5-2-3-7-13(12)14/h2-8,15H,9-11H2,1H3,(H,20,22)(H3,19,21,24)/t15-/m0/s1. The summed E-state index contributed by atoms with van der Waals surface area (Å²) >= 11 is 1.52. The number of hydrogen-bond donors (Lipinski definition) is 3. The van der Waals surface area contributed by atoms with Crippen LogP contribution in [0.5, 0.6) is 0 Å². The van der Waals surface area contributed by atoms with E-state index in [1.54, 1.807) is 6.07 Å². The Kier molecular flexibility index (Phi) is 7.28. The summed E-state index contributed by atoms with van der Waals surface area (Å²) < 4.78 is 5.02. The van der Waals surface area contributed by atoms with Crippen molar-refractivity contribution in [2.75, 3.05) is 23.9 Å². The third-order valence-electron chi connectivity index (χ3n) is 3.62. The predicted molar refractivity (Wildman–Crippen MR) is 103 cm³/mol. The molecule has 0 saturated carbocycles. The Bertz CT molecular complexity index is 792. The van der Waals surface area contributed by atoms with Crippen molar-refractivity contribution in [3.8, 4) is 0 Å². The molecule has 0 heterocycles. The van der Waals surface area contributed by atoms with Crippen molar-refractivity contribution in [3.63, 3.8) is 0 Å². The number of carbonyl (C=O) groups excluding carboxylic acids is 3. The minimum absolute atomic E-state index is 0.369. The Morgan fingerprint density at radius 3 is 2.62 bits per heavy atom. The molecule has 26 heavy (non-hydrogen) atoms. The van der Waals surface area contributed by atoms with Crippen LogP contribution in [0.25, 0.3) is 10.8 Å². The average molecular weight is 375 g/mol. The fourth-order valence-electron chi connectivity index (χ4n) is 2.41. The van der Waals surface area contributed by atoms with Crippen molar-refractivity contribution < 1.29 is 19.1 Å². The molecule has 3 amide bonds. The van der Waals surface area contributed by atoms with Gasteiger partial charge < -0.3 is 21.1 Å². The van der Waals surface area contributed by atoms with E-state index >= 15 is 0 Å². The van der Waals surface area contributed by atoms with E-state index in [-0.39, 0.29) is 0 Å². The Labute approximate surface area is 155 Å². The van der Waals surface area contributed by atoms with Crippen molar-refractivity contribution >= 4 is 46.1 Å². The van der Waals surface area contributed by atoms with Crippen molar-refractivity contribution in [1.29, 1.82) is 0 Å². The van der Waals surface area contributed by atoms with Crippen molar-refractivity contribution in [3.05, 3.63) is 42.5 Å². The molecule has 138 valence electrons. The topological polar surface area (TPSA) is 111 Å². The number of fused-ring (bicyclic) bond motifs is 1. The number of thioether (sulfide) groups is 1. The van der Waals surface area contributed by atoms with Crippen LogP contribution in [0, 0.1) is 0 Å². The van der Waals surface area contributed by atoms with E-state index < -0.39 is 30.6 Å². The van der Waals surface area contributed by atoms with Crippen LogP contribution in [0.15, 0.2) is 42.5 Å². The molecule has 0 fully saturated rings. The molecule has 8 heteroatoms. The van der Waals surface area contributed by atoms with Gasteiger partial charge in [0.1, 0.15) is 6.04 Å². The van der Waals surface area contributed by atoms with Crippen LogP contribution in [0.2, 0.25) is 0 Å². The lowest BCUT2D eigenvalue weighted by Crippen LogP contribution is -2.45. The second kappa shape index (κ2) is 9.67. The van der Waals surface area contributed by atoms with E-state index in [2.05, 4.69) is 10.6 Å². The molecule has 0 aliphatic carbocycles. The van der Waals surface area contributed by atoms with Crippen LogP contribution >= 0.6 is 11.8 Å². The summed E-state index contributed by atoms with van der Waals surface area (Å²) in [6, 6.07) is 11.5. The lowest BCUT2D eigenvalue weighted by molar-refractivity contribution is -0.149. The maximum atomic E-state index is 12.1. The van der Waals surface area contributed by atoms with Gasteiger partial charge >= 0.3 is 12.0 Å². The lowest BCUT2D eigenvalue weighted by Gasteiger charge is -2.16. The number of primary amides is 1. The Balaban J connectivity index is 1.94. The summed E-state index contributed by atoms with van der Waals surface area (Å²) in [6.07, 6.45) is 2.25. The average Bonchev–Trinajstić information content (AvgIpc) is 2.63. The van der Waals surface area contributed by atoms with E-state index in [0.29, 0.717) is 17.9 Å². The largest absolute Gasteiger partial charge is 0.454 e. The van der Waals surface area contributed by atoms with Crippen LogP contribution in [-0.2, 0) is 14.3 Å². The van der Waals surface area contributed by atoms with Gasteiger partial charge in [0.15, 0.2) is 6.61 Å². The molecule has 4 N–H and O–H groups in total. The lowest BCUT2D eigenvalue weighted by atomic mass is 10.1. The second-order valence-electron chi connectivity index (χ2n) is 5.53. The van der Waals surface area contributed by atoms with Gasteiger partial charge in [0.05, 0.1) is 0 Å². The number of carbonyl (C=O) groups is 3. The smallest absolute Gasteiger partial charge is 0.329 e. The van der Waals surface area contributed by atoms with Gasteiger partial charge in [0.25, 0.3) is 5.91 Å². The Morgan fingerprint density at radius 2 is 1.88 bits per heavy atom. The molecule has 0 spiro atoms. The first-order chi connectivity index (χ1) is 12.5. The monoisotopic (exact) mass is 375 g/mol. The van der Waals surface area contributed by atoms with E-state index in [9.17, 15) is 14.4 Å². The molecule has 2 aromatic rings. The first kappa shape index (κ1) is 19.6. The molecule has 0 aliphatic heterocycles. The highest BCUT2D eigenvalue weighted by Gasteiger charge is 2.22. The number of nitrogens with one attached hydrogen (secondary N) is 2. The third kappa shape index (κ3) is 5.66. The van der Waals surface area contributed by atoms with Crippen molar-refractivity contribution in [2.24, 2.45) is 5.73 Å². The molecule has 7 nitrogen and oxygen atoms in total. The van der Waals surface area contributed by atoms with Crippen LogP contribution in [0.3, 0.4) is 0 Å². The van der Waals surface area contributed by atoms with Gasteiger partial charge in [0.2, 0.25) is 0 Å². The first-order valence-corrected chi connectivity index (χ1v) is 9.40. The number of hydrogen-bond acceptors (Lipinski definition) is 5. The zero-order chi connectivity index (χ0) is 18.9. The Morgan fingerprint density at radius 1 is 1.15 bits per heavy atom. The van der Waals surface area contributed by atoms with Crippen molar-refractivity contribution in [1.82, 2.24) is 5.32 Å². The molecule has 2 rings (SSSR count). The molecule has 0 aliphatic rings. The van der Waals surface area contributed by atoms with Gasteiger partial charge in [-0.25, -0.2) is 9.59 Å². The molecule has 1 atom stereocenters. The highest BCUT2D eigenvalue weighted by atomic mass is 32.2. The van der Waals surface area contributed by atoms with E-state index in [0.717, 1.165) is 10.8 Å². The fourth-order valence-corrected chi connectivity index (χ4v) is 2.89. The third-order valence-corrected chi connectivity index (χ3v) is 4.26. The van der Waals surface area contributed by atoms with Gasteiger partial charge in [-0.1, -0.05) is 36.4 Å². The fraction of sp³-hybridized carbons (Fsp3) is 0.278. The number of anilines is 1. The molecule has 0 unspecified atom stereocenters. The van der Waals surface area contributed by atoms with Crippen LogP contribution in [0.4, 0.5) is 10.5 Å². The normalized spacial score (nSPS) is 11.6. The van der Waals surface area contributed by atoms with Crippen LogP contribution in [-0.4, -0.2) is 42.6 Å². The quantitative estimate of drug-likeness (QED) is 0.612. The summed E-state index contributed by atoms with van der Waals surface area (Å²) in [6.45, 7) is -0.446. The maximum absolute atomic E-state index is 12.1. The van der Waals surface area contributed by atoms with Gasteiger partial charge in [-0.2, -0.15) is 11.8 Å². The van der Waals surface area contributed by atoms with Gasteiger partial charge in [-0.05, 0) is 29.9 Å². The first-order valence-electron chi connectivity index (χ1n) is 8.00. The van der Waals surface area contributed by atoms with E-state index in [4.69, 9.17) is 10.5 Å². The molecule has 0 saturated heterocycles. The minimum atomic E-state index is -0.870. The van der Waals surface area contributed by atoms with Crippen molar-refractivity contribution in [2.45, 2.75) is 12.5 Å². The summed E-state index contributed by atoms with van der Waals surface area (Å²) in [5.74, 6) is -0.509. The van der Waals surface area contributed by atoms with Gasteiger partial charge in [0, 0.05) is 11.1 Å². The molecule has 2 aromatic carbocycles. The summed E-state index contributed by atoms with van der Waals surface area (Å²) in [5, 5.41) is 6.94. The van der Waals surface area contributed by atoms with E-state index in [1.807, 2.05) is 42.7 Å². The maximum Gasteiger partial charge on any atom is 0.329 e. The number of benzene rings is 2. The molecule has 0 radical (unpaired) electrons. The number of ether oxygens (including phenoxy) is 1. The molecular weight excluding hydrogens is 354 g/mol. The van der Waals surface area contributed by atoms with Gasteiger partial charge in [-0.3, -0.25) is 4.79 Å². The summed E-state index contributed by atoms with van der Waals surface area (Å²) in [5.41, 5.74) is 5.71. The molecule has 0 aromatic heterocycles. The minimum Gasteiger partial charge on any atom is -0.454 e. The van der Waals surface area contributed by atoms with Crippen LogP contribution in [0.1, 0.15) is 6.42 Å². The van der Waals surface area contributed by atoms with Gasteiger partial charge in [-0.15, -0.1) is 0 Å². The van der Waals surface area contributed by atoms with Crippen LogP contribution < -0.4 is 16.4 Å². The Hall–Kier alpha value is -2.74. The molecular formula is C18H21N3O4S. The highest BCUT2D eigenvalue weighted by Crippen LogP contribution is 2.22. The summed E-state index contributed by atoms with van der Waals surface area (Å²) in [7, 11) is 0. The van der Waals surface area contributed by atoms with E-state index in [1.165, 1.54) is 11.8 Å².